The van der Waals surface area contributed by atoms with Crippen LogP contribution in [0.2, 0.25) is 0 Å². The summed E-state index contributed by atoms with van der Waals surface area (Å²) in [6.45, 7) is 0. The van der Waals surface area contributed by atoms with Gasteiger partial charge in [0.1, 0.15) is 4.64 Å². The predicted octanol–water partition coefficient (Wildman–Crippen LogP) is 4.98. The molecule has 6 heteroatoms. The van der Waals surface area contributed by atoms with Crippen LogP contribution in [-0.2, 0) is 6.18 Å². The van der Waals surface area contributed by atoms with E-state index in [1.54, 1.807) is 0 Å². The Bertz CT molecular complexity index is 851. The van der Waals surface area contributed by atoms with Crippen molar-refractivity contribution in [1.29, 1.82) is 0 Å². The van der Waals surface area contributed by atoms with E-state index in [-0.39, 0.29) is 0 Å². The summed E-state index contributed by atoms with van der Waals surface area (Å²) in [6.07, 6.45) is -4.34. The van der Waals surface area contributed by atoms with Crippen LogP contribution in [0.4, 0.5) is 13.2 Å². The Morgan fingerprint density at radius 3 is 2.14 bits per heavy atom. The van der Waals surface area contributed by atoms with Gasteiger partial charge in [0, 0.05) is 16.3 Å². The fraction of sp³-hybridized carbons (Fsp3) is 0.0667. The predicted molar refractivity (Wildman–Crippen MR) is 77.4 cm³/mol. The number of alkyl halides is 3. The third-order valence-electron chi connectivity index (χ3n) is 3.18. The topological polar surface area (TPSA) is 28.7 Å². The van der Waals surface area contributed by atoms with Crippen LogP contribution in [0.15, 0.2) is 48.5 Å². The molecule has 2 aromatic carbocycles. The minimum atomic E-state index is -4.34. The average molecular weight is 306 g/mol. The Labute approximate surface area is 123 Å². The summed E-state index contributed by atoms with van der Waals surface area (Å²) in [6, 6.07) is 12.3. The number of fused-ring (bicyclic) bond motifs is 1. The highest BCUT2D eigenvalue weighted by atomic mass is 32.1. The highest BCUT2D eigenvalue weighted by molar-refractivity contribution is 7.71. The lowest BCUT2D eigenvalue weighted by Gasteiger charge is -2.09. The van der Waals surface area contributed by atoms with Crippen LogP contribution in [0.5, 0.6) is 0 Å². The molecule has 106 valence electrons. The second-order valence-corrected chi connectivity index (χ2v) is 4.93. The summed E-state index contributed by atoms with van der Waals surface area (Å²) in [5, 5.41) is 8.51. The molecule has 0 bridgehead atoms. The maximum absolute atomic E-state index is 12.6. The molecule has 0 radical (unpaired) electrons. The van der Waals surface area contributed by atoms with Gasteiger partial charge in [-0.25, -0.2) is 0 Å². The first-order chi connectivity index (χ1) is 9.97. The smallest absolute Gasteiger partial charge is 0.267 e. The van der Waals surface area contributed by atoms with E-state index in [4.69, 9.17) is 12.2 Å². The molecule has 1 N–H and O–H groups in total. The molecule has 2 nitrogen and oxygen atoms in total. The van der Waals surface area contributed by atoms with Crippen molar-refractivity contribution in [2.45, 2.75) is 6.18 Å². The highest BCUT2D eigenvalue weighted by Crippen LogP contribution is 2.32. The zero-order chi connectivity index (χ0) is 15.0. The highest BCUT2D eigenvalue weighted by Gasteiger charge is 2.30. The van der Waals surface area contributed by atoms with Gasteiger partial charge in [-0.15, -0.1) is 0 Å². The molecular formula is C15H9F3N2S. The molecule has 0 aliphatic rings. The Morgan fingerprint density at radius 1 is 0.905 bits per heavy atom. The van der Waals surface area contributed by atoms with Gasteiger partial charge in [-0.05, 0) is 12.1 Å². The van der Waals surface area contributed by atoms with E-state index in [9.17, 15) is 13.2 Å². The second kappa shape index (κ2) is 4.96. The lowest BCUT2D eigenvalue weighted by Crippen LogP contribution is -2.04. The second-order valence-electron chi connectivity index (χ2n) is 4.52. The summed E-state index contributed by atoms with van der Waals surface area (Å²) in [5.74, 6) is 0. The number of hydrogen-bond acceptors (Lipinski definition) is 2. The minimum Gasteiger partial charge on any atom is -0.267 e. The minimum absolute atomic E-state index is 0.501. The first kappa shape index (κ1) is 13.8. The molecule has 0 atom stereocenters. The van der Waals surface area contributed by atoms with Crippen molar-refractivity contribution in [3.8, 4) is 11.3 Å². The lowest BCUT2D eigenvalue weighted by atomic mass is 10.0. The summed E-state index contributed by atoms with van der Waals surface area (Å²) in [4.78, 5) is 0. The van der Waals surface area contributed by atoms with Gasteiger partial charge in [0.2, 0.25) is 0 Å². The SMILES string of the molecule is FC(F)(F)c1ccc(-c2n[nH]c(=S)c3ccccc23)cc1. The number of benzene rings is 2. The third kappa shape index (κ3) is 2.54. The molecule has 0 aliphatic heterocycles. The summed E-state index contributed by atoms with van der Waals surface area (Å²) < 4.78 is 38.3. The molecule has 3 aromatic rings. The monoisotopic (exact) mass is 306 g/mol. The number of aromatic amines is 1. The van der Waals surface area contributed by atoms with Crippen LogP contribution < -0.4 is 0 Å². The molecule has 0 fully saturated rings. The van der Waals surface area contributed by atoms with E-state index in [0.717, 1.165) is 22.9 Å². The van der Waals surface area contributed by atoms with E-state index in [1.807, 2.05) is 24.3 Å². The Kier molecular flexibility index (Phi) is 3.25. The van der Waals surface area contributed by atoms with Crippen molar-refractivity contribution < 1.29 is 13.2 Å². The number of halogens is 3. The average Bonchev–Trinajstić information content (AvgIpc) is 2.47. The maximum atomic E-state index is 12.6. The van der Waals surface area contributed by atoms with Gasteiger partial charge in [-0.2, -0.15) is 18.3 Å². The fourth-order valence-corrected chi connectivity index (χ4v) is 2.38. The van der Waals surface area contributed by atoms with Crippen molar-refractivity contribution in [1.82, 2.24) is 10.2 Å². The normalized spacial score (nSPS) is 11.8. The van der Waals surface area contributed by atoms with Crippen molar-refractivity contribution in [2.24, 2.45) is 0 Å². The first-order valence-electron chi connectivity index (χ1n) is 6.12. The van der Waals surface area contributed by atoms with E-state index in [1.165, 1.54) is 12.1 Å². The zero-order valence-electron chi connectivity index (χ0n) is 10.6. The standard InChI is InChI=1S/C15H9F3N2S/c16-15(17,18)10-7-5-9(6-8-10)13-11-3-1-2-4-12(11)14(21)20-19-13/h1-8H,(H,20,21). The van der Waals surface area contributed by atoms with Crippen molar-refractivity contribution in [2.75, 3.05) is 0 Å². The lowest BCUT2D eigenvalue weighted by molar-refractivity contribution is -0.137. The quantitative estimate of drug-likeness (QED) is 0.642. The van der Waals surface area contributed by atoms with Gasteiger partial charge in [0.15, 0.2) is 0 Å². The molecule has 0 unspecified atom stereocenters. The van der Waals surface area contributed by atoms with E-state index in [2.05, 4.69) is 10.2 Å². The number of nitrogens with zero attached hydrogens (tertiary/aromatic N) is 1. The van der Waals surface area contributed by atoms with E-state index in [0.29, 0.717) is 15.9 Å². The molecule has 0 amide bonds. The molecule has 0 aliphatic carbocycles. The number of aromatic nitrogens is 2. The van der Waals surface area contributed by atoms with Gasteiger partial charge in [-0.1, -0.05) is 48.6 Å². The van der Waals surface area contributed by atoms with Gasteiger partial charge in [0.25, 0.3) is 0 Å². The number of hydrogen-bond donors (Lipinski definition) is 1. The summed E-state index contributed by atoms with van der Waals surface area (Å²) >= 11 is 5.17. The van der Waals surface area contributed by atoms with Crippen LogP contribution in [0.3, 0.4) is 0 Å². The molecule has 21 heavy (non-hydrogen) atoms. The molecular weight excluding hydrogens is 297 g/mol. The Morgan fingerprint density at radius 2 is 1.52 bits per heavy atom. The van der Waals surface area contributed by atoms with E-state index < -0.39 is 11.7 Å². The van der Waals surface area contributed by atoms with Crippen molar-refractivity contribution >= 4 is 23.0 Å². The third-order valence-corrected chi connectivity index (χ3v) is 3.49. The Balaban J connectivity index is 2.17. The van der Waals surface area contributed by atoms with E-state index >= 15 is 0 Å². The Hall–Kier alpha value is -2.21. The van der Waals surface area contributed by atoms with Crippen LogP contribution in [0.25, 0.3) is 22.0 Å². The van der Waals surface area contributed by atoms with Crippen molar-refractivity contribution in [3.05, 3.63) is 58.7 Å². The fourth-order valence-electron chi connectivity index (χ4n) is 2.15. The van der Waals surface area contributed by atoms with Gasteiger partial charge in [0.05, 0.1) is 11.3 Å². The number of rotatable bonds is 1. The van der Waals surface area contributed by atoms with Crippen LogP contribution in [-0.4, -0.2) is 10.2 Å². The van der Waals surface area contributed by atoms with Crippen LogP contribution >= 0.6 is 12.2 Å². The molecule has 0 saturated heterocycles. The molecule has 1 aromatic heterocycles. The number of nitrogens with one attached hydrogen (secondary N) is 1. The first-order valence-corrected chi connectivity index (χ1v) is 6.53. The number of H-pyrrole nitrogens is 1. The van der Waals surface area contributed by atoms with Crippen molar-refractivity contribution in [3.63, 3.8) is 0 Å². The summed E-state index contributed by atoms with van der Waals surface area (Å²) in [7, 11) is 0. The zero-order valence-corrected chi connectivity index (χ0v) is 11.4. The molecule has 0 saturated carbocycles. The molecule has 0 spiro atoms. The largest absolute Gasteiger partial charge is 0.416 e. The molecule has 3 rings (SSSR count). The maximum Gasteiger partial charge on any atom is 0.416 e. The van der Waals surface area contributed by atoms with Gasteiger partial charge < -0.3 is 0 Å². The van der Waals surface area contributed by atoms with Gasteiger partial charge >= 0.3 is 6.18 Å². The van der Waals surface area contributed by atoms with Gasteiger partial charge in [-0.3, -0.25) is 5.10 Å². The summed E-state index contributed by atoms with van der Waals surface area (Å²) in [5.41, 5.74) is 0.498. The molecule has 1 heterocycles. The van der Waals surface area contributed by atoms with Crippen LogP contribution in [0, 0.1) is 4.64 Å². The van der Waals surface area contributed by atoms with Crippen LogP contribution in [0.1, 0.15) is 5.56 Å².